The van der Waals surface area contributed by atoms with Gasteiger partial charge in [0.05, 0.1) is 18.8 Å². The molecule has 0 aliphatic heterocycles. The number of rotatable bonds is 7. The fourth-order valence-electron chi connectivity index (χ4n) is 2.67. The maximum Gasteiger partial charge on any atom is 0.258 e. The van der Waals surface area contributed by atoms with Gasteiger partial charge in [-0.1, -0.05) is 39.0 Å². The van der Waals surface area contributed by atoms with Crippen molar-refractivity contribution in [2.45, 2.75) is 39.2 Å². The van der Waals surface area contributed by atoms with Gasteiger partial charge >= 0.3 is 0 Å². The van der Waals surface area contributed by atoms with E-state index in [2.05, 4.69) is 13.9 Å². The number of ether oxygens (including phenoxy) is 1. The molecule has 2 atom stereocenters. The predicted octanol–water partition coefficient (Wildman–Crippen LogP) is 4.24. The maximum absolute atomic E-state index is 14.2. The van der Waals surface area contributed by atoms with Crippen molar-refractivity contribution >= 4 is 22.5 Å². The lowest BCUT2D eigenvalue weighted by Crippen LogP contribution is -2.31. The number of nitrogens with one attached hydrogen (secondary N) is 1. The van der Waals surface area contributed by atoms with Gasteiger partial charge in [0.25, 0.3) is 5.91 Å². The first-order chi connectivity index (χ1) is 13.6. The first-order valence-corrected chi connectivity index (χ1v) is 10.3. The molecule has 0 bridgehead atoms. The van der Waals surface area contributed by atoms with Gasteiger partial charge in [-0.25, -0.2) is 8.60 Å². The molecule has 0 aliphatic carbocycles. The van der Waals surface area contributed by atoms with Gasteiger partial charge in [-0.05, 0) is 41.7 Å². The van der Waals surface area contributed by atoms with Gasteiger partial charge < -0.3 is 10.1 Å². The second-order valence-corrected chi connectivity index (χ2v) is 8.62. The van der Waals surface area contributed by atoms with E-state index in [-0.39, 0.29) is 29.8 Å². The van der Waals surface area contributed by atoms with E-state index in [9.17, 15) is 13.4 Å². The number of thiol groups is 1. The van der Waals surface area contributed by atoms with Crippen LogP contribution in [0.25, 0.3) is 0 Å². The second kappa shape index (κ2) is 9.84. The lowest BCUT2D eigenvalue weighted by atomic mass is 9.87. The topological polar surface area (TPSA) is 77.0 Å². The van der Waals surface area contributed by atoms with Gasteiger partial charge in [0.2, 0.25) is 0 Å². The molecule has 0 saturated carbocycles. The van der Waals surface area contributed by atoms with Crippen molar-refractivity contribution in [2.24, 2.45) is 4.36 Å². The summed E-state index contributed by atoms with van der Waals surface area (Å²) in [6, 6.07) is 11.3. The summed E-state index contributed by atoms with van der Waals surface area (Å²) in [6.07, 6.45) is 0. The quantitative estimate of drug-likeness (QED) is 0.655. The number of halogens is 1. The second-order valence-electron chi connectivity index (χ2n) is 7.58. The molecule has 158 valence electrons. The monoisotopic (exact) mass is 422 g/mol. The van der Waals surface area contributed by atoms with Crippen LogP contribution in [0, 0.1) is 5.82 Å². The standard InChI is InChI=1S/C21H27FN2O4S/c1-14(15-6-8-16(9-7-15)24-29(26)27-5)23-20(25)13-28-17-10-11-18(19(22)12-17)21(2,3)4/h6-12,14,29H,13H2,1-5H3,(H,23,25)/t14-/m1/s1. The summed E-state index contributed by atoms with van der Waals surface area (Å²) in [5.41, 5.74) is 1.66. The lowest BCUT2D eigenvalue weighted by molar-refractivity contribution is -0.123. The van der Waals surface area contributed by atoms with E-state index < -0.39 is 10.9 Å². The number of amides is 1. The van der Waals surface area contributed by atoms with Crippen LogP contribution in [0.2, 0.25) is 0 Å². The molecule has 1 N–H and O–H groups in total. The van der Waals surface area contributed by atoms with Crippen molar-refractivity contribution in [3.05, 3.63) is 59.4 Å². The molecule has 2 rings (SSSR count). The van der Waals surface area contributed by atoms with Crippen LogP contribution in [0.5, 0.6) is 5.75 Å². The molecular formula is C21H27FN2O4S. The third kappa shape index (κ3) is 6.83. The van der Waals surface area contributed by atoms with Gasteiger partial charge in [-0.3, -0.25) is 8.98 Å². The van der Waals surface area contributed by atoms with Crippen molar-refractivity contribution < 1.29 is 22.3 Å². The third-order valence-corrected chi connectivity index (χ3v) is 4.95. The van der Waals surface area contributed by atoms with Crippen LogP contribution in [0.15, 0.2) is 46.8 Å². The Morgan fingerprint density at radius 3 is 2.41 bits per heavy atom. The average Bonchev–Trinajstić information content (AvgIpc) is 2.65. The lowest BCUT2D eigenvalue weighted by Gasteiger charge is -2.20. The highest BCUT2D eigenvalue weighted by atomic mass is 32.2. The minimum atomic E-state index is -2.07. The van der Waals surface area contributed by atoms with Crippen LogP contribution in [0.4, 0.5) is 10.1 Å². The Hall–Kier alpha value is -2.45. The molecule has 0 heterocycles. The minimum Gasteiger partial charge on any atom is -0.484 e. The third-order valence-electron chi connectivity index (χ3n) is 4.24. The summed E-state index contributed by atoms with van der Waals surface area (Å²) in [5, 5.41) is 2.82. The molecule has 0 aliphatic rings. The number of hydrogen-bond acceptors (Lipinski definition) is 5. The summed E-state index contributed by atoms with van der Waals surface area (Å²) in [7, 11) is -0.747. The largest absolute Gasteiger partial charge is 0.484 e. The number of hydrogen-bond donors (Lipinski definition) is 2. The van der Waals surface area contributed by atoms with E-state index >= 15 is 0 Å². The summed E-state index contributed by atoms with van der Waals surface area (Å²) < 4.78 is 39.4. The van der Waals surface area contributed by atoms with Crippen molar-refractivity contribution in [1.82, 2.24) is 5.32 Å². The Morgan fingerprint density at radius 1 is 1.21 bits per heavy atom. The first kappa shape index (κ1) is 22.8. The van der Waals surface area contributed by atoms with Crippen LogP contribution >= 0.6 is 0 Å². The highest BCUT2D eigenvalue weighted by Crippen LogP contribution is 2.27. The van der Waals surface area contributed by atoms with E-state index in [1.165, 1.54) is 13.2 Å². The van der Waals surface area contributed by atoms with E-state index in [1.807, 2.05) is 27.7 Å². The molecule has 0 fully saturated rings. The molecule has 29 heavy (non-hydrogen) atoms. The summed E-state index contributed by atoms with van der Waals surface area (Å²) >= 11 is 0. The summed E-state index contributed by atoms with van der Waals surface area (Å²) in [6.45, 7) is 7.40. The van der Waals surface area contributed by atoms with Crippen LogP contribution in [0.1, 0.15) is 44.9 Å². The van der Waals surface area contributed by atoms with Crippen molar-refractivity contribution in [3.8, 4) is 5.75 Å². The zero-order valence-corrected chi connectivity index (χ0v) is 18.1. The molecule has 0 radical (unpaired) electrons. The number of nitrogens with zero attached hydrogens (tertiary/aromatic N) is 1. The first-order valence-electron chi connectivity index (χ1n) is 9.15. The highest BCUT2D eigenvalue weighted by Gasteiger charge is 2.19. The highest BCUT2D eigenvalue weighted by molar-refractivity contribution is 7.69. The Bertz CT molecular complexity index is 933. The number of benzene rings is 2. The van der Waals surface area contributed by atoms with Crippen LogP contribution in [0.3, 0.4) is 0 Å². The summed E-state index contributed by atoms with van der Waals surface area (Å²) in [5.74, 6) is -0.380. The van der Waals surface area contributed by atoms with Crippen LogP contribution in [-0.4, -0.2) is 23.8 Å². The maximum atomic E-state index is 14.2. The fourth-order valence-corrected chi connectivity index (χ4v) is 3.08. The minimum absolute atomic E-state index is 0.222. The van der Waals surface area contributed by atoms with Gasteiger partial charge in [0.1, 0.15) is 11.6 Å². The smallest absolute Gasteiger partial charge is 0.258 e. The van der Waals surface area contributed by atoms with Crippen LogP contribution in [-0.2, 0) is 25.3 Å². The van der Waals surface area contributed by atoms with E-state index in [4.69, 9.17) is 4.74 Å². The number of carbonyl (C=O) groups is 1. The van der Waals surface area contributed by atoms with Gasteiger partial charge in [0, 0.05) is 6.07 Å². The SMILES string of the molecule is CO[SH](=O)=Nc1ccc([C@@H](C)NC(=O)COc2ccc(C(C)(C)C)c(F)c2)cc1. The van der Waals surface area contributed by atoms with Gasteiger partial charge in [0.15, 0.2) is 17.5 Å². The summed E-state index contributed by atoms with van der Waals surface area (Å²) in [4.78, 5) is 12.2. The molecule has 1 amide bonds. The molecule has 0 saturated heterocycles. The van der Waals surface area contributed by atoms with E-state index in [1.54, 1.807) is 36.4 Å². The van der Waals surface area contributed by atoms with Crippen molar-refractivity contribution in [1.29, 1.82) is 0 Å². The normalized spacial score (nSPS) is 13.7. The molecule has 2 aromatic rings. The zero-order chi connectivity index (χ0) is 21.6. The van der Waals surface area contributed by atoms with Crippen molar-refractivity contribution in [3.63, 3.8) is 0 Å². The molecule has 0 aromatic heterocycles. The number of carbonyl (C=O) groups excluding carboxylic acids is 1. The Morgan fingerprint density at radius 2 is 1.86 bits per heavy atom. The van der Waals surface area contributed by atoms with E-state index in [0.717, 1.165) is 5.56 Å². The van der Waals surface area contributed by atoms with E-state index in [0.29, 0.717) is 17.0 Å². The Labute approximate surface area is 172 Å². The molecule has 8 heteroatoms. The Balaban J connectivity index is 1.92. The fraction of sp³-hybridized carbons (Fsp3) is 0.381. The molecular weight excluding hydrogens is 395 g/mol. The molecule has 6 nitrogen and oxygen atoms in total. The van der Waals surface area contributed by atoms with Crippen molar-refractivity contribution in [2.75, 3.05) is 13.7 Å². The zero-order valence-electron chi connectivity index (χ0n) is 17.2. The predicted molar refractivity (Wildman–Crippen MR) is 112 cm³/mol. The average molecular weight is 423 g/mol. The molecule has 0 spiro atoms. The molecule has 2 aromatic carbocycles. The van der Waals surface area contributed by atoms with Gasteiger partial charge in [-0.15, -0.1) is 0 Å². The van der Waals surface area contributed by atoms with Crippen LogP contribution < -0.4 is 10.1 Å². The van der Waals surface area contributed by atoms with Gasteiger partial charge in [-0.2, -0.15) is 4.36 Å². The Kier molecular flexibility index (Phi) is 7.75. The molecule has 1 unspecified atom stereocenters.